The Morgan fingerprint density at radius 2 is 2.15 bits per heavy atom. The first-order chi connectivity index (χ1) is 9.50. The van der Waals surface area contributed by atoms with Crippen LogP contribution in [0, 0.1) is 17.6 Å². The van der Waals surface area contributed by atoms with Crippen LogP contribution in [0.25, 0.3) is 11.2 Å². The summed E-state index contributed by atoms with van der Waals surface area (Å²) in [5.41, 5.74) is 3.10. The van der Waals surface area contributed by atoms with Gasteiger partial charge in [0.1, 0.15) is 5.52 Å². The maximum absolute atomic E-state index is 5.57. The predicted octanol–water partition coefficient (Wildman–Crippen LogP) is 4.05. The quantitative estimate of drug-likeness (QED) is 0.741. The first kappa shape index (κ1) is 13.6. The predicted molar refractivity (Wildman–Crippen MR) is 85.9 cm³/mol. The molecule has 1 atom stereocenters. The lowest BCUT2D eigenvalue weighted by Gasteiger charge is -2.22. The van der Waals surface area contributed by atoms with Gasteiger partial charge in [-0.2, -0.15) is 5.10 Å². The van der Waals surface area contributed by atoms with Crippen molar-refractivity contribution in [3.05, 3.63) is 32.9 Å². The molecule has 106 valence electrons. The summed E-state index contributed by atoms with van der Waals surface area (Å²) < 4.78 is 4.89. The Balaban J connectivity index is 2.32. The second kappa shape index (κ2) is 4.86. The zero-order valence-corrected chi connectivity index (χ0v) is 13.7. The number of aromatic nitrogens is 4. The van der Waals surface area contributed by atoms with E-state index >= 15 is 0 Å². The maximum atomic E-state index is 5.57. The molecule has 0 saturated heterocycles. The van der Waals surface area contributed by atoms with Crippen LogP contribution in [-0.2, 0) is 7.05 Å². The number of aryl methyl sites for hydroxylation is 2. The third-order valence-electron chi connectivity index (χ3n) is 3.62. The van der Waals surface area contributed by atoms with Crippen LogP contribution in [-0.4, -0.2) is 19.3 Å². The van der Waals surface area contributed by atoms with Gasteiger partial charge in [-0.05, 0) is 36.5 Å². The number of nitrogens with one attached hydrogen (secondary N) is 1. The van der Waals surface area contributed by atoms with Crippen LogP contribution in [0.4, 0.5) is 0 Å². The molecular formula is C14H18N4S2. The number of rotatable bonds is 3. The van der Waals surface area contributed by atoms with Gasteiger partial charge < -0.3 is 4.98 Å². The number of hydrogen-bond acceptors (Lipinski definition) is 3. The topological polar surface area (TPSA) is 38.5 Å². The van der Waals surface area contributed by atoms with E-state index in [0.29, 0.717) is 5.92 Å². The van der Waals surface area contributed by atoms with E-state index in [1.807, 2.05) is 18.7 Å². The lowest BCUT2D eigenvalue weighted by atomic mass is 10.0. The zero-order chi connectivity index (χ0) is 14.4. The average molecular weight is 306 g/mol. The van der Waals surface area contributed by atoms with Gasteiger partial charge in [-0.15, -0.1) is 11.3 Å². The van der Waals surface area contributed by atoms with E-state index in [2.05, 4.69) is 46.0 Å². The van der Waals surface area contributed by atoms with Gasteiger partial charge in [0.05, 0.1) is 11.7 Å². The number of hydrogen-bond donors (Lipinski definition) is 1. The highest BCUT2D eigenvalue weighted by Gasteiger charge is 2.24. The van der Waals surface area contributed by atoms with E-state index in [9.17, 15) is 0 Å². The molecule has 0 aliphatic carbocycles. The number of imidazole rings is 1. The minimum Gasteiger partial charge on any atom is -0.328 e. The van der Waals surface area contributed by atoms with Crippen molar-refractivity contribution in [1.29, 1.82) is 0 Å². The molecule has 3 aromatic rings. The maximum Gasteiger partial charge on any atom is 0.179 e. The van der Waals surface area contributed by atoms with Crippen molar-refractivity contribution in [1.82, 2.24) is 19.3 Å². The molecule has 0 aliphatic heterocycles. The number of nitrogens with zero attached hydrogens (tertiary/aromatic N) is 3. The fourth-order valence-electron chi connectivity index (χ4n) is 2.80. The van der Waals surface area contributed by atoms with Crippen LogP contribution >= 0.6 is 23.6 Å². The smallest absolute Gasteiger partial charge is 0.179 e. The molecule has 0 amide bonds. The standard InChI is InChI=1S/C14H18N4S2/c1-8(2)12(10-6-5-7-20-10)18-13-11(15-14(18)19)9(3)16-17(13)4/h5-8,12H,1-4H3,(H,15,19). The van der Waals surface area contributed by atoms with Crippen LogP contribution in [0.15, 0.2) is 17.5 Å². The van der Waals surface area contributed by atoms with Crippen molar-refractivity contribution >= 4 is 34.7 Å². The van der Waals surface area contributed by atoms with Gasteiger partial charge >= 0.3 is 0 Å². The van der Waals surface area contributed by atoms with Gasteiger partial charge in [-0.25, -0.2) is 0 Å². The van der Waals surface area contributed by atoms with Gasteiger partial charge in [-0.3, -0.25) is 9.25 Å². The summed E-state index contributed by atoms with van der Waals surface area (Å²) in [5.74, 6) is 0.453. The minimum absolute atomic E-state index is 0.242. The molecule has 0 spiro atoms. The monoisotopic (exact) mass is 306 g/mol. The first-order valence-electron chi connectivity index (χ1n) is 6.68. The third-order valence-corrected chi connectivity index (χ3v) is 4.86. The number of H-pyrrole nitrogens is 1. The van der Waals surface area contributed by atoms with Crippen LogP contribution < -0.4 is 0 Å². The molecule has 0 bridgehead atoms. The Bertz CT molecular complexity index is 789. The van der Waals surface area contributed by atoms with E-state index in [4.69, 9.17) is 12.2 Å². The van der Waals surface area contributed by atoms with Gasteiger partial charge in [0, 0.05) is 11.9 Å². The fraction of sp³-hybridized carbons (Fsp3) is 0.429. The third kappa shape index (κ3) is 1.94. The molecule has 3 aromatic heterocycles. The summed E-state index contributed by atoms with van der Waals surface area (Å²) in [6.45, 7) is 6.47. The molecule has 3 rings (SSSR count). The molecule has 0 fully saturated rings. The summed E-state index contributed by atoms with van der Waals surface area (Å²) >= 11 is 7.34. The highest BCUT2D eigenvalue weighted by molar-refractivity contribution is 7.71. The van der Waals surface area contributed by atoms with Crippen molar-refractivity contribution in [3.8, 4) is 0 Å². The van der Waals surface area contributed by atoms with E-state index in [1.165, 1.54) is 4.88 Å². The molecule has 6 heteroatoms. The van der Waals surface area contributed by atoms with Gasteiger partial charge in [0.25, 0.3) is 0 Å². The van der Waals surface area contributed by atoms with E-state index in [0.717, 1.165) is 21.6 Å². The van der Waals surface area contributed by atoms with Crippen molar-refractivity contribution in [3.63, 3.8) is 0 Å². The molecular weight excluding hydrogens is 288 g/mol. The second-order valence-corrected chi connectivity index (χ2v) is 6.78. The molecule has 0 aliphatic rings. The van der Waals surface area contributed by atoms with Gasteiger partial charge in [0.2, 0.25) is 0 Å². The van der Waals surface area contributed by atoms with Crippen molar-refractivity contribution in [2.45, 2.75) is 26.8 Å². The van der Waals surface area contributed by atoms with E-state index in [1.54, 1.807) is 11.3 Å². The number of thiophene rings is 1. The van der Waals surface area contributed by atoms with Crippen LogP contribution in [0.2, 0.25) is 0 Å². The van der Waals surface area contributed by atoms with Gasteiger partial charge in [0.15, 0.2) is 10.4 Å². The molecule has 0 radical (unpaired) electrons. The first-order valence-corrected chi connectivity index (χ1v) is 7.96. The van der Waals surface area contributed by atoms with E-state index in [-0.39, 0.29) is 6.04 Å². The number of aromatic amines is 1. The SMILES string of the molecule is Cc1nn(C)c2c1[nH]c(=S)n2C(c1cccs1)C(C)C. The number of fused-ring (bicyclic) bond motifs is 1. The molecule has 1 N–H and O–H groups in total. The molecule has 4 nitrogen and oxygen atoms in total. The van der Waals surface area contributed by atoms with Crippen LogP contribution in [0.3, 0.4) is 0 Å². The molecule has 20 heavy (non-hydrogen) atoms. The van der Waals surface area contributed by atoms with Gasteiger partial charge in [-0.1, -0.05) is 19.9 Å². The summed E-state index contributed by atoms with van der Waals surface area (Å²) in [6, 6.07) is 4.52. The Labute approximate surface area is 127 Å². The summed E-state index contributed by atoms with van der Waals surface area (Å²) in [4.78, 5) is 4.64. The Morgan fingerprint density at radius 3 is 2.75 bits per heavy atom. The van der Waals surface area contributed by atoms with Crippen molar-refractivity contribution in [2.24, 2.45) is 13.0 Å². The van der Waals surface area contributed by atoms with Crippen molar-refractivity contribution in [2.75, 3.05) is 0 Å². The molecule has 3 heterocycles. The minimum atomic E-state index is 0.242. The van der Waals surface area contributed by atoms with Crippen molar-refractivity contribution < 1.29 is 0 Å². The lowest BCUT2D eigenvalue weighted by Crippen LogP contribution is -2.17. The largest absolute Gasteiger partial charge is 0.328 e. The van der Waals surface area contributed by atoms with Crippen LogP contribution in [0.5, 0.6) is 0 Å². The second-order valence-electron chi connectivity index (χ2n) is 5.41. The Kier molecular flexibility index (Phi) is 3.30. The Hall–Kier alpha value is -1.40. The molecule has 1 unspecified atom stereocenters. The van der Waals surface area contributed by atoms with Crippen LogP contribution in [0.1, 0.15) is 30.5 Å². The fourth-order valence-corrected chi connectivity index (χ4v) is 4.09. The normalized spacial score (nSPS) is 13.4. The molecule has 0 aromatic carbocycles. The summed E-state index contributed by atoms with van der Waals surface area (Å²) in [6.07, 6.45) is 0. The highest BCUT2D eigenvalue weighted by Crippen LogP contribution is 2.33. The zero-order valence-electron chi connectivity index (χ0n) is 12.0. The summed E-state index contributed by atoms with van der Waals surface area (Å²) in [7, 11) is 1.97. The highest BCUT2D eigenvalue weighted by atomic mass is 32.1. The molecule has 0 saturated carbocycles. The lowest BCUT2D eigenvalue weighted by molar-refractivity contribution is 0.442. The Morgan fingerprint density at radius 1 is 1.40 bits per heavy atom. The average Bonchev–Trinajstić information content (AvgIpc) is 3.03. The van der Waals surface area contributed by atoms with E-state index < -0.39 is 0 Å². The summed E-state index contributed by atoms with van der Waals surface area (Å²) in [5, 5.41) is 6.61.